The van der Waals surface area contributed by atoms with E-state index < -0.39 is 0 Å². The maximum absolute atomic E-state index is 8.65. The first-order valence-electron chi connectivity index (χ1n) is 3.20. The van der Waals surface area contributed by atoms with Crippen molar-refractivity contribution in [3.8, 4) is 12.1 Å². The quantitative estimate of drug-likeness (QED) is 0.504. The van der Waals surface area contributed by atoms with Crippen molar-refractivity contribution in [1.82, 2.24) is 0 Å². The Labute approximate surface area is 60.4 Å². The number of hydrogen-bond acceptors (Lipinski definition) is 2. The second-order valence-electron chi connectivity index (χ2n) is 2.89. The highest BCUT2D eigenvalue weighted by molar-refractivity contribution is 5.30. The van der Waals surface area contributed by atoms with Gasteiger partial charge in [0.25, 0.3) is 0 Å². The Hall–Kier alpha value is -1.28. The van der Waals surface area contributed by atoms with Gasteiger partial charge >= 0.3 is 0 Å². The van der Waals surface area contributed by atoms with Gasteiger partial charge < -0.3 is 0 Å². The van der Waals surface area contributed by atoms with Crippen LogP contribution in [-0.4, -0.2) is 0 Å². The highest BCUT2D eigenvalue weighted by Gasteiger charge is 2.29. The van der Waals surface area contributed by atoms with E-state index >= 15 is 0 Å². The second kappa shape index (κ2) is 2.15. The first kappa shape index (κ1) is 6.83. The number of allylic oxidation sites excluding steroid dienone is 2. The van der Waals surface area contributed by atoms with E-state index in [1.807, 2.05) is 13.0 Å². The molecule has 0 fully saturated rings. The van der Waals surface area contributed by atoms with Gasteiger partial charge in [-0.2, -0.15) is 10.5 Å². The van der Waals surface area contributed by atoms with Crippen LogP contribution in [0.15, 0.2) is 11.6 Å². The van der Waals surface area contributed by atoms with Crippen molar-refractivity contribution < 1.29 is 0 Å². The van der Waals surface area contributed by atoms with E-state index in [1.165, 1.54) is 0 Å². The molecule has 0 aromatic heterocycles. The van der Waals surface area contributed by atoms with Gasteiger partial charge in [0.05, 0.1) is 17.6 Å². The minimum Gasteiger partial charge on any atom is -0.198 e. The zero-order valence-corrected chi connectivity index (χ0v) is 5.89. The highest BCUT2D eigenvalue weighted by atomic mass is 14.4. The van der Waals surface area contributed by atoms with Crippen LogP contribution in [0, 0.1) is 28.1 Å². The van der Waals surface area contributed by atoms with Crippen molar-refractivity contribution in [1.29, 1.82) is 10.5 Å². The molecule has 0 aromatic rings. The predicted octanol–water partition coefficient (Wildman–Crippen LogP) is 1.76. The molecule has 1 unspecified atom stereocenters. The van der Waals surface area contributed by atoms with Gasteiger partial charge in [0.15, 0.2) is 0 Å². The largest absolute Gasteiger partial charge is 0.198 e. The molecule has 0 aromatic carbocycles. The van der Waals surface area contributed by atoms with Gasteiger partial charge in [0.1, 0.15) is 0 Å². The second-order valence-corrected chi connectivity index (χ2v) is 2.89. The standard InChI is InChI=1S/C8H8N2/c1-8(6-10)3-2-7(4-8)5-9/h2H,3-4H2,1H3. The van der Waals surface area contributed by atoms with Crippen LogP contribution >= 0.6 is 0 Å². The molecule has 0 radical (unpaired) electrons. The van der Waals surface area contributed by atoms with Crippen molar-refractivity contribution in [3.63, 3.8) is 0 Å². The topological polar surface area (TPSA) is 47.6 Å². The summed E-state index contributed by atoms with van der Waals surface area (Å²) < 4.78 is 0. The molecule has 0 bridgehead atoms. The van der Waals surface area contributed by atoms with Crippen molar-refractivity contribution in [3.05, 3.63) is 11.6 Å². The summed E-state index contributed by atoms with van der Waals surface area (Å²) in [4.78, 5) is 0. The smallest absolute Gasteiger partial charge is 0.0944 e. The minimum atomic E-state index is -0.301. The number of hydrogen-bond donors (Lipinski definition) is 0. The maximum Gasteiger partial charge on any atom is 0.0944 e. The van der Waals surface area contributed by atoms with E-state index in [9.17, 15) is 0 Å². The summed E-state index contributed by atoms with van der Waals surface area (Å²) in [6, 6.07) is 4.26. The fourth-order valence-corrected chi connectivity index (χ4v) is 1.08. The van der Waals surface area contributed by atoms with Crippen LogP contribution in [0.1, 0.15) is 19.8 Å². The van der Waals surface area contributed by atoms with Gasteiger partial charge in [-0.15, -0.1) is 0 Å². The lowest BCUT2D eigenvalue weighted by Gasteiger charge is -2.10. The van der Waals surface area contributed by atoms with Crippen LogP contribution < -0.4 is 0 Å². The van der Waals surface area contributed by atoms with E-state index in [-0.39, 0.29) is 5.41 Å². The predicted molar refractivity (Wildman–Crippen MR) is 36.6 cm³/mol. The zero-order valence-electron chi connectivity index (χ0n) is 5.89. The van der Waals surface area contributed by atoms with Crippen LogP contribution in [0.3, 0.4) is 0 Å². The van der Waals surface area contributed by atoms with Crippen LogP contribution in [0.25, 0.3) is 0 Å². The molecule has 1 aliphatic carbocycles. The molecular weight excluding hydrogens is 124 g/mol. The molecule has 0 saturated heterocycles. The van der Waals surface area contributed by atoms with Gasteiger partial charge in [-0.25, -0.2) is 0 Å². The molecule has 2 nitrogen and oxygen atoms in total. The lowest BCUT2D eigenvalue weighted by molar-refractivity contribution is 0.478. The lowest BCUT2D eigenvalue weighted by Crippen LogP contribution is -2.07. The minimum absolute atomic E-state index is 0.301. The number of nitriles is 2. The molecule has 0 saturated carbocycles. The molecule has 0 heterocycles. The third-order valence-corrected chi connectivity index (χ3v) is 1.79. The summed E-state index contributed by atoms with van der Waals surface area (Å²) in [5.41, 5.74) is 0.453. The molecule has 50 valence electrons. The summed E-state index contributed by atoms with van der Waals surface area (Å²) in [5.74, 6) is 0. The molecule has 1 atom stereocenters. The summed E-state index contributed by atoms with van der Waals surface area (Å²) in [5, 5.41) is 17.1. The molecule has 10 heavy (non-hydrogen) atoms. The molecule has 2 heteroatoms. The van der Waals surface area contributed by atoms with Gasteiger partial charge in [0, 0.05) is 12.0 Å². The van der Waals surface area contributed by atoms with E-state index in [0.29, 0.717) is 6.42 Å². The Kier molecular flexibility index (Phi) is 1.47. The van der Waals surface area contributed by atoms with Gasteiger partial charge in [-0.05, 0) is 13.3 Å². The Morgan fingerprint density at radius 3 is 2.60 bits per heavy atom. The third kappa shape index (κ3) is 1.01. The SMILES string of the molecule is CC1(C#N)CC=C(C#N)C1. The third-order valence-electron chi connectivity index (χ3n) is 1.79. The normalized spacial score (nSPS) is 30.5. The van der Waals surface area contributed by atoms with E-state index in [0.717, 1.165) is 12.0 Å². The van der Waals surface area contributed by atoms with Crippen LogP contribution in [0.4, 0.5) is 0 Å². The van der Waals surface area contributed by atoms with Crippen molar-refractivity contribution >= 4 is 0 Å². The van der Waals surface area contributed by atoms with E-state index in [2.05, 4.69) is 12.1 Å². The summed E-state index contributed by atoms with van der Waals surface area (Å²) in [6.07, 6.45) is 3.20. The van der Waals surface area contributed by atoms with Crippen molar-refractivity contribution in [2.24, 2.45) is 5.41 Å². The van der Waals surface area contributed by atoms with Crippen LogP contribution in [-0.2, 0) is 0 Å². The zero-order chi connectivity index (χ0) is 7.61. The number of nitrogens with zero attached hydrogens (tertiary/aromatic N) is 2. The van der Waals surface area contributed by atoms with E-state index in [4.69, 9.17) is 10.5 Å². The summed E-state index contributed by atoms with van der Waals surface area (Å²) in [7, 11) is 0. The van der Waals surface area contributed by atoms with Gasteiger partial charge in [-0.1, -0.05) is 6.08 Å². The van der Waals surface area contributed by atoms with Crippen LogP contribution in [0.2, 0.25) is 0 Å². The molecule has 0 N–H and O–H groups in total. The lowest BCUT2D eigenvalue weighted by atomic mass is 9.89. The molecule has 1 rings (SSSR count). The van der Waals surface area contributed by atoms with Crippen molar-refractivity contribution in [2.45, 2.75) is 19.8 Å². The van der Waals surface area contributed by atoms with E-state index in [1.54, 1.807) is 0 Å². The summed E-state index contributed by atoms with van der Waals surface area (Å²) >= 11 is 0. The Morgan fingerprint density at radius 2 is 2.30 bits per heavy atom. The Balaban J connectivity index is 2.72. The molecule has 0 spiro atoms. The maximum atomic E-state index is 8.65. The molecule has 0 aliphatic heterocycles. The number of rotatable bonds is 0. The fraction of sp³-hybridized carbons (Fsp3) is 0.500. The highest BCUT2D eigenvalue weighted by Crippen LogP contribution is 2.35. The Bertz CT molecular complexity index is 251. The molecule has 1 aliphatic rings. The van der Waals surface area contributed by atoms with Gasteiger partial charge in [0.2, 0.25) is 0 Å². The average Bonchev–Trinajstić information content (AvgIpc) is 2.33. The first-order chi connectivity index (χ1) is 4.70. The Morgan fingerprint density at radius 1 is 1.60 bits per heavy atom. The first-order valence-corrected chi connectivity index (χ1v) is 3.20. The molecular formula is C8H8N2. The van der Waals surface area contributed by atoms with Gasteiger partial charge in [-0.3, -0.25) is 0 Å². The average molecular weight is 132 g/mol. The molecule has 0 amide bonds. The summed E-state index contributed by atoms with van der Waals surface area (Å²) in [6.45, 7) is 1.88. The fourth-order valence-electron chi connectivity index (χ4n) is 1.08. The van der Waals surface area contributed by atoms with Crippen LogP contribution in [0.5, 0.6) is 0 Å². The monoisotopic (exact) mass is 132 g/mol. The van der Waals surface area contributed by atoms with Crippen molar-refractivity contribution in [2.75, 3.05) is 0 Å².